The number of amidine groups is 1. The fraction of sp³-hybridized carbons (Fsp3) is 0.818. The van der Waals surface area contributed by atoms with Gasteiger partial charge in [0.15, 0.2) is 0 Å². The van der Waals surface area contributed by atoms with Crippen LogP contribution in [0.3, 0.4) is 0 Å². The van der Waals surface area contributed by atoms with Gasteiger partial charge in [0.2, 0.25) is 0 Å². The van der Waals surface area contributed by atoms with Crippen molar-refractivity contribution >= 4 is 11.5 Å². The molecule has 13 heavy (non-hydrogen) atoms. The Bertz CT molecular complexity index is 259. The summed E-state index contributed by atoms with van der Waals surface area (Å²) in [5.41, 5.74) is 1.46. The Morgan fingerprint density at radius 2 is 1.46 bits per heavy atom. The lowest BCUT2D eigenvalue weighted by atomic mass is 9.90. The summed E-state index contributed by atoms with van der Waals surface area (Å²) >= 11 is 0. The third-order valence-electron chi connectivity index (χ3n) is 2.16. The van der Waals surface area contributed by atoms with Crippen molar-refractivity contribution in [1.82, 2.24) is 0 Å². The summed E-state index contributed by atoms with van der Waals surface area (Å²) in [4.78, 5) is 9.07. The minimum Gasteiger partial charge on any atom is -0.264 e. The lowest BCUT2D eigenvalue weighted by Gasteiger charge is -2.18. The highest BCUT2D eigenvalue weighted by molar-refractivity contribution is 6.07. The van der Waals surface area contributed by atoms with E-state index in [-0.39, 0.29) is 10.8 Å². The lowest BCUT2D eigenvalue weighted by Crippen LogP contribution is -2.22. The monoisotopic (exact) mass is 180 g/mol. The van der Waals surface area contributed by atoms with Crippen molar-refractivity contribution in [3.8, 4) is 0 Å². The van der Waals surface area contributed by atoms with Gasteiger partial charge in [-0.05, 0) is 0 Å². The Balaban J connectivity index is 2.84. The van der Waals surface area contributed by atoms with Gasteiger partial charge in [-0.25, -0.2) is 4.99 Å². The molecule has 0 aromatic heterocycles. The predicted octanol–water partition coefficient (Wildman–Crippen LogP) is 2.93. The summed E-state index contributed by atoms with van der Waals surface area (Å²) in [6.07, 6.45) is 0. The minimum atomic E-state index is 0.0903. The summed E-state index contributed by atoms with van der Waals surface area (Å²) in [5.74, 6) is 0.998. The Hall–Kier alpha value is -0.660. The molecule has 0 fully saturated rings. The summed E-state index contributed by atoms with van der Waals surface area (Å²) < 4.78 is 0. The molecule has 0 aromatic carbocycles. The molecule has 0 amide bonds. The molecule has 0 atom stereocenters. The van der Waals surface area contributed by atoms with E-state index >= 15 is 0 Å². The highest BCUT2D eigenvalue weighted by Crippen LogP contribution is 2.25. The van der Waals surface area contributed by atoms with Gasteiger partial charge in [-0.15, -0.1) is 0 Å². The van der Waals surface area contributed by atoms with Crippen molar-refractivity contribution in [3.63, 3.8) is 0 Å². The number of nitrogens with zero attached hydrogens (tertiary/aromatic N) is 2. The van der Waals surface area contributed by atoms with E-state index in [0.717, 1.165) is 12.4 Å². The van der Waals surface area contributed by atoms with Crippen molar-refractivity contribution in [2.75, 3.05) is 6.54 Å². The minimum absolute atomic E-state index is 0.0903. The molecule has 0 aromatic rings. The fourth-order valence-corrected chi connectivity index (χ4v) is 1.16. The van der Waals surface area contributed by atoms with Crippen LogP contribution < -0.4 is 0 Å². The van der Waals surface area contributed by atoms with Crippen LogP contribution in [0.5, 0.6) is 0 Å². The first kappa shape index (κ1) is 10.4. The molecule has 2 nitrogen and oxygen atoms in total. The summed E-state index contributed by atoms with van der Waals surface area (Å²) in [7, 11) is 0. The van der Waals surface area contributed by atoms with Crippen molar-refractivity contribution in [2.45, 2.75) is 41.5 Å². The van der Waals surface area contributed by atoms with E-state index in [1.807, 2.05) is 0 Å². The van der Waals surface area contributed by atoms with Crippen LogP contribution in [0, 0.1) is 10.8 Å². The van der Waals surface area contributed by atoms with E-state index in [4.69, 9.17) is 0 Å². The SMILES string of the molecule is CC(C)(C)C1=NC(C(C)(C)C)=NC1. The van der Waals surface area contributed by atoms with E-state index < -0.39 is 0 Å². The number of aliphatic imine (C=N–C) groups is 2. The van der Waals surface area contributed by atoms with Crippen LogP contribution in [-0.2, 0) is 0 Å². The number of hydrogen-bond donors (Lipinski definition) is 0. The first-order valence-corrected chi connectivity index (χ1v) is 4.84. The highest BCUT2D eigenvalue weighted by Gasteiger charge is 2.27. The van der Waals surface area contributed by atoms with Crippen LogP contribution in [0.1, 0.15) is 41.5 Å². The number of rotatable bonds is 0. The van der Waals surface area contributed by atoms with Crippen molar-refractivity contribution in [2.24, 2.45) is 20.8 Å². The van der Waals surface area contributed by atoms with Crippen LogP contribution in [0.15, 0.2) is 9.98 Å². The molecule has 0 aliphatic carbocycles. The van der Waals surface area contributed by atoms with Crippen LogP contribution in [-0.4, -0.2) is 18.1 Å². The van der Waals surface area contributed by atoms with Gasteiger partial charge in [-0.1, -0.05) is 41.5 Å². The Morgan fingerprint density at radius 1 is 0.923 bits per heavy atom. The zero-order valence-corrected chi connectivity index (χ0v) is 9.60. The smallest absolute Gasteiger partial charge is 0.129 e. The molecule has 0 unspecified atom stereocenters. The molecule has 0 radical (unpaired) electrons. The van der Waals surface area contributed by atoms with E-state index in [1.165, 1.54) is 5.71 Å². The zero-order chi connectivity index (χ0) is 10.3. The third kappa shape index (κ3) is 2.39. The summed E-state index contributed by atoms with van der Waals surface area (Å²) in [6, 6.07) is 0. The number of hydrogen-bond acceptors (Lipinski definition) is 2. The quantitative estimate of drug-likeness (QED) is 0.547. The predicted molar refractivity (Wildman–Crippen MR) is 58.6 cm³/mol. The van der Waals surface area contributed by atoms with Crippen LogP contribution in [0.4, 0.5) is 0 Å². The van der Waals surface area contributed by atoms with Gasteiger partial charge >= 0.3 is 0 Å². The van der Waals surface area contributed by atoms with Crippen molar-refractivity contribution in [1.29, 1.82) is 0 Å². The average molecular weight is 180 g/mol. The second-order valence-electron chi connectivity index (χ2n) is 5.70. The molecule has 0 spiro atoms. The summed E-state index contributed by atoms with van der Waals surface area (Å²) in [6.45, 7) is 13.8. The maximum atomic E-state index is 4.60. The third-order valence-corrected chi connectivity index (χ3v) is 2.16. The standard InChI is InChI=1S/C11H20N2/c1-10(2,3)8-7-12-9(13-8)11(4,5)6/h7H2,1-6H3. The molecule has 1 aliphatic rings. The Kier molecular flexibility index (Phi) is 2.35. The molecule has 0 saturated carbocycles. The van der Waals surface area contributed by atoms with Gasteiger partial charge in [0.25, 0.3) is 0 Å². The van der Waals surface area contributed by atoms with E-state index in [0.29, 0.717) is 0 Å². The summed E-state index contributed by atoms with van der Waals surface area (Å²) in [5, 5.41) is 0. The molecule has 0 bridgehead atoms. The average Bonchev–Trinajstić information content (AvgIpc) is 2.28. The zero-order valence-electron chi connectivity index (χ0n) is 9.60. The maximum Gasteiger partial charge on any atom is 0.129 e. The molecule has 2 heteroatoms. The highest BCUT2D eigenvalue weighted by atomic mass is 15.0. The second kappa shape index (κ2) is 2.93. The van der Waals surface area contributed by atoms with Crippen molar-refractivity contribution in [3.05, 3.63) is 0 Å². The fourth-order valence-electron chi connectivity index (χ4n) is 1.16. The van der Waals surface area contributed by atoms with E-state index in [2.05, 4.69) is 51.5 Å². The molecule has 1 aliphatic heterocycles. The largest absolute Gasteiger partial charge is 0.264 e. The molecular formula is C11H20N2. The molecule has 1 rings (SSSR count). The first-order valence-electron chi connectivity index (χ1n) is 4.84. The second-order valence-corrected chi connectivity index (χ2v) is 5.70. The normalized spacial score (nSPS) is 18.6. The Labute approximate surface area is 81.2 Å². The van der Waals surface area contributed by atoms with Gasteiger partial charge in [0.05, 0.1) is 6.54 Å². The van der Waals surface area contributed by atoms with Gasteiger partial charge in [0.1, 0.15) is 5.84 Å². The molecular weight excluding hydrogens is 160 g/mol. The van der Waals surface area contributed by atoms with Gasteiger partial charge in [-0.2, -0.15) is 0 Å². The van der Waals surface area contributed by atoms with Crippen molar-refractivity contribution < 1.29 is 0 Å². The van der Waals surface area contributed by atoms with Crippen LogP contribution in [0.2, 0.25) is 0 Å². The molecule has 74 valence electrons. The van der Waals surface area contributed by atoms with Gasteiger partial charge in [0, 0.05) is 16.5 Å². The first-order chi connectivity index (χ1) is 5.71. The van der Waals surface area contributed by atoms with Crippen LogP contribution in [0.25, 0.3) is 0 Å². The topological polar surface area (TPSA) is 24.7 Å². The van der Waals surface area contributed by atoms with E-state index in [1.54, 1.807) is 0 Å². The van der Waals surface area contributed by atoms with Gasteiger partial charge < -0.3 is 0 Å². The molecule has 0 N–H and O–H groups in total. The van der Waals surface area contributed by atoms with Crippen LogP contribution >= 0.6 is 0 Å². The lowest BCUT2D eigenvalue weighted by molar-refractivity contribution is 0.580. The van der Waals surface area contributed by atoms with E-state index in [9.17, 15) is 0 Å². The molecule has 0 saturated heterocycles. The van der Waals surface area contributed by atoms with Gasteiger partial charge in [-0.3, -0.25) is 4.99 Å². The maximum absolute atomic E-state index is 4.60. The molecule has 1 heterocycles. The Morgan fingerprint density at radius 3 is 1.69 bits per heavy atom.